The topological polar surface area (TPSA) is 26.0 Å². The van der Waals surface area contributed by atoms with Gasteiger partial charge in [-0.05, 0) is 49.3 Å². The van der Waals surface area contributed by atoms with Crippen LogP contribution in [0.5, 0.6) is 0 Å². The summed E-state index contributed by atoms with van der Waals surface area (Å²) in [5.41, 5.74) is 10.7. The molecule has 1 aromatic rings. The Morgan fingerprint density at radius 2 is 2.00 bits per heavy atom. The maximum atomic E-state index is 5.90. The van der Waals surface area contributed by atoms with Gasteiger partial charge < -0.3 is 5.73 Å². The zero-order valence-electron chi connectivity index (χ0n) is 9.14. The van der Waals surface area contributed by atoms with Crippen LogP contribution >= 0.6 is 0 Å². The lowest BCUT2D eigenvalue weighted by molar-refractivity contribution is 0.304. The molecule has 1 aliphatic carbocycles. The second kappa shape index (κ2) is 3.39. The maximum absolute atomic E-state index is 5.90. The quantitative estimate of drug-likeness (QED) is 0.760. The Bertz CT molecular complexity index is 337. The van der Waals surface area contributed by atoms with Crippen molar-refractivity contribution in [1.29, 1.82) is 0 Å². The zero-order chi connectivity index (χ0) is 10.2. The number of aryl methyl sites for hydroxylation is 1. The van der Waals surface area contributed by atoms with Crippen molar-refractivity contribution in [3.8, 4) is 0 Å². The molecule has 2 rings (SSSR count). The molecule has 1 aromatic carbocycles. The smallest absolute Gasteiger partial charge is 0.00142 e. The third-order valence-electron chi connectivity index (χ3n) is 3.68. The van der Waals surface area contributed by atoms with Crippen molar-refractivity contribution in [3.63, 3.8) is 0 Å². The van der Waals surface area contributed by atoms with Gasteiger partial charge in [-0.15, -0.1) is 0 Å². The molecule has 2 N–H and O–H groups in total. The summed E-state index contributed by atoms with van der Waals surface area (Å²) in [6.45, 7) is 5.23. The zero-order valence-corrected chi connectivity index (χ0v) is 9.14. The second-order valence-electron chi connectivity index (χ2n) is 4.68. The minimum atomic E-state index is 0.357. The molecule has 1 nitrogen and oxygen atoms in total. The molecule has 0 bridgehead atoms. The minimum Gasteiger partial charge on any atom is -0.330 e. The van der Waals surface area contributed by atoms with E-state index in [-0.39, 0.29) is 0 Å². The molecule has 0 aliphatic heterocycles. The van der Waals surface area contributed by atoms with E-state index in [2.05, 4.69) is 32.0 Å². The SMILES string of the molecule is CCC1(CN)Cc2ccc(C)cc2C1. The highest BCUT2D eigenvalue weighted by atomic mass is 14.6. The number of rotatable bonds is 2. The van der Waals surface area contributed by atoms with Crippen molar-refractivity contribution in [1.82, 2.24) is 0 Å². The number of fused-ring (bicyclic) bond motifs is 1. The van der Waals surface area contributed by atoms with E-state index in [1.807, 2.05) is 0 Å². The molecule has 14 heavy (non-hydrogen) atoms. The van der Waals surface area contributed by atoms with Gasteiger partial charge in [0.15, 0.2) is 0 Å². The molecular formula is C13H19N. The van der Waals surface area contributed by atoms with Gasteiger partial charge in [-0.25, -0.2) is 0 Å². The van der Waals surface area contributed by atoms with Crippen molar-refractivity contribution in [2.24, 2.45) is 11.1 Å². The average Bonchev–Trinajstić information content (AvgIpc) is 2.56. The van der Waals surface area contributed by atoms with Crippen LogP contribution in [0.2, 0.25) is 0 Å². The second-order valence-corrected chi connectivity index (χ2v) is 4.68. The highest BCUT2D eigenvalue weighted by Crippen LogP contribution is 2.38. The first-order valence-electron chi connectivity index (χ1n) is 5.47. The molecule has 0 fully saturated rings. The van der Waals surface area contributed by atoms with E-state index in [1.54, 1.807) is 0 Å². The van der Waals surface area contributed by atoms with Gasteiger partial charge in [0.1, 0.15) is 0 Å². The van der Waals surface area contributed by atoms with Crippen LogP contribution in [0.25, 0.3) is 0 Å². The first-order valence-corrected chi connectivity index (χ1v) is 5.47. The molecule has 1 aliphatic rings. The summed E-state index contributed by atoms with van der Waals surface area (Å²) in [5, 5.41) is 0. The molecule has 0 amide bonds. The highest BCUT2D eigenvalue weighted by molar-refractivity contribution is 5.37. The Hall–Kier alpha value is -0.820. The van der Waals surface area contributed by atoms with Gasteiger partial charge in [-0.1, -0.05) is 30.7 Å². The van der Waals surface area contributed by atoms with Crippen molar-refractivity contribution >= 4 is 0 Å². The Kier molecular flexibility index (Phi) is 2.36. The molecular weight excluding hydrogens is 170 g/mol. The average molecular weight is 189 g/mol. The standard InChI is InChI=1S/C13H19N/c1-3-13(9-14)7-11-5-4-10(2)6-12(11)8-13/h4-6H,3,7-9,14H2,1-2H3. The van der Waals surface area contributed by atoms with E-state index >= 15 is 0 Å². The lowest BCUT2D eigenvalue weighted by Gasteiger charge is -2.24. The maximum Gasteiger partial charge on any atom is -0.00142 e. The fourth-order valence-corrected chi connectivity index (χ4v) is 2.50. The molecule has 1 heteroatoms. The molecule has 0 saturated heterocycles. The first kappa shape index (κ1) is 9.72. The number of hydrogen-bond acceptors (Lipinski definition) is 1. The van der Waals surface area contributed by atoms with Crippen LogP contribution in [0.1, 0.15) is 30.0 Å². The Labute approximate surface area is 86.3 Å². The molecule has 1 atom stereocenters. The Morgan fingerprint density at radius 3 is 2.64 bits per heavy atom. The fourth-order valence-electron chi connectivity index (χ4n) is 2.50. The minimum absolute atomic E-state index is 0.357. The predicted molar refractivity (Wildman–Crippen MR) is 60.4 cm³/mol. The monoisotopic (exact) mass is 189 g/mol. The van der Waals surface area contributed by atoms with Crippen LogP contribution in [-0.2, 0) is 12.8 Å². The van der Waals surface area contributed by atoms with Crippen LogP contribution in [0.15, 0.2) is 18.2 Å². The van der Waals surface area contributed by atoms with Crippen molar-refractivity contribution in [2.45, 2.75) is 33.1 Å². The van der Waals surface area contributed by atoms with Crippen LogP contribution < -0.4 is 5.73 Å². The van der Waals surface area contributed by atoms with Crippen LogP contribution in [-0.4, -0.2) is 6.54 Å². The van der Waals surface area contributed by atoms with E-state index in [4.69, 9.17) is 5.73 Å². The van der Waals surface area contributed by atoms with Gasteiger partial charge in [-0.2, -0.15) is 0 Å². The molecule has 76 valence electrons. The lowest BCUT2D eigenvalue weighted by atomic mass is 9.82. The molecule has 0 saturated carbocycles. The van der Waals surface area contributed by atoms with E-state index < -0.39 is 0 Å². The Morgan fingerprint density at radius 1 is 1.29 bits per heavy atom. The Balaban J connectivity index is 2.33. The molecule has 0 radical (unpaired) electrons. The third-order valence-corrected chi connectivity index (χ3v) is 3.68. The van der Waals surface area contributed by atoms with Gasteiger partial charge in [0.25, 0.3) is 0 Å². The fraction of sp³-hybridized carbons (Fsp3) is 0.538. The van der Waals surface area contributed by atoms with Gasteiger partial charge >= 0.3 is 0 Å². The summed E-state index contributed by atoms with van der Waals surface area (Å²) < 4.78 is 0. The number of nitrogens with two attached hydrogens (primary N) is 1. The third kappa shape index (κ3) is 1.46. The van der Waals surface area contributed by atoms with Gasteiger partial charge in [0.2, 0.25) is 0 Å². The van der Waals surface area contributed by atoms with Crippen LogP contribution in [0, 0.1) is 12.3 Å². The van der Waals surface area contributed by atoms with E-state index in [0.717, 1.165) is 6.54 Å². The number of benzene rings is 1. The molecule has 0 aromatic heterocycles. The van der Waals surface area contributed by atoms with Crippen molar-refractivity contribution in [3.05, 3.63) is 34.9 Å². The molecule has 0 heterocycles. The predicted octanol–water partition coefficient (Wildman–Crippen LogP) is 2.45. The largest absolute Gasteiger partial charge is 0.330 e. The first-order chi connectivity index (χ1) is 6.69. The van der Waals surface area contributed by atoms with Gasteiger partial charge in [0, 0.05) is 0 Å². The van der Waals surface area contributed by atoms with Gasteiger partial charge in [0.05, 0.1) is 0 Å². The van der Waals surface area contributed by atoms with E-state index in [9.17, 15) is 0 Å². The summed E-state index contributed by atoms with van der Waals surface area (Å²) >= 11 is 0. The summed E-state index contributed by atoms with van der Waals surface area (Å²) in [6, 6.07) is 6.81. The van der Waals surface area contributed by atoms with E-state index in [0.29, 0.717) is 5.41 Å². The summed E-state index contributed by atoms with van der Waals surface area (Å²) in [7, 11) is 0. The summed E-state index contributed by atoms with van der Waals surface area (Å²) in [4.78, 5) is 0. The van der Waals surface area contributed by atoms with Gasteiger partial charge in [-0.3, -0.25) is 0 Å². The molecule has 1 unspecified atom stereocenters. The molecule has 0 spiro atoms. The van der Waals surface area contributed by atoms with Crippen molar-refractivity contribution < 1.29 is 0 Å². The van der Waals surface area contributed by atoms with Crippen molar-refractivity contribution in [2.75, 3.05) is 6.54 Å². The normalized spacial score (nSPS) is 25.1. The van der Waals surface area contributed by atoms with E-state index in [1.165, 1.54) is 36.0 Å². The van der Waals surface area contributed by atoms with Crippen LogP contribution in [0.4, 0.5) is 0 Å². The summed E-state index contributed by atoms with van der Waals surface area (Å²) in [5.74, 6) is 0. The van der Waals surface area contributed by atoms with Crippen LogP contribution in [0.3, 0.4) is 0 Å². The summed E-state index contributed by atoms with van der Waals surface area (Å²) in [6.07, 6.45) is 3.55. The number of hydrogen-bond donors (Lipinski definition) is 1. The highest BCUT2D eigenvalue weighted by Gasteiger charge is 2.34. The lowest BCUT2D eigenvalue weighted by Crippen LogP contribution is -2.30.